The molecule has 3 fully saturated rings. The van der Waals surface area contributed by atoms with Crippen LogP contribution in [0.1, 0.15) is 56.8 Å². The first-order valence-corrected chi connectivity index (χ1v) is 19.8. The van der Waals surface area contributed by atoms with E-state index in [1.165, 1.54) is 16.9 Å². The predicted molar refractivity (Wildman–Crippen MR) is 210 cm³/mol. The number of nitrogens with zero attached hydrogens (tertiary/aromatic N) is 2. The molecule has 1 spiro atoms. The molecular formula is C41H51BrClN3O8. The van der Waals surface area contributed by atoms with Crippen LogP contribution in [0.15, 0.2) is 73.8 Å². The molecule has 2 aromatic rings. The van der Waals surface area contributed by atoms with E-state index in [0.29, 0.717) is 29.1 Å². The maximum atomic E-state index is 15.2. The minimum absolute atomic E-state index is 0.0304. The Labute approximate surface area is 331 Å². The van der Waals surface area contributed by atoms with Gasteiger partial charge in [0.2, 0.25) is 11.8 Å². The first-order valence-electron chi connectivity index (χ1n) is 18.5. The monoisotopic (exact) mass is 827 g/mol. The third-order valence-electron chi connectivity index (χ3n) is 11.1. The number of allylic oxidation sites excluding steroid dienone is 1. The van der Waals surface area contributed by atoms with E-state index in [1.54, 1.807) is 48.6 Å². The Morgan fingerprint density at radius 1 is 1.19 bits per heavy atom. The Kier molecular flexibility index (Phi) is 13.8. The molecular weight excluding hydrogens is 778 g/mol. The molecule has 0 aliphatic carbocycles. The van der Waals surface area contributed by atoms with Gasteiger partial charge in [-0.25, -0.2) is 0 Å². The van der Waals surface area contributed by atoms with E-state index in [1.807, 2.05) is 32.9 Å². The van der Waals surface area contributed by atoms with Gasteiger partial charge in [-0.2, -0.15) is 0 Å². The lowest BCUT2D eigenvalue weighted by atomic mass is 9.70. The number of carbonyl (C=O) groups is 4. The van der Waals surface area contributed by atoms with E-state index >= 15 is 9.59 Å². The molecule has 0 aromatic heterocycles. The zero-order valence-electron chi connectivity index (χ0n) is 31.3. The fraction of sp³-hybridized carbons (Fsp3) is 0.512. The van der Waals surface area contributed by atoms with E-state index in [4.69, 9.17) is 25.8 Å². The number of para-hydroxylation sites is 1. The van der Waals surface area contributed by atoms with E-state index < -0.39 is 77.0 Å². The van der Waals surface area contributed by atoms with Crippen molar-refractivity contribution in [2.75, 3.05) is 31.8 Å². The number of aryl methyl sites for hydroxylation is 1. The molecule has 2 bridgehead atoms. The second kappa shape index (κ2) is 17.9. The summed E-state index contributed by atoms with van der Waals surface area (Å²) in [5.41, 5.74) is 0.392. The highest BCUT2D eigenvalue weighted by Gasteiger charge is 2.78. The molecule has 2 N–H and O–H groups in total. The SMILES string of the molecule is C=CCCC(=O)N[C@H](COC)[C@H](OC(=O)[C@@H]1[C@H]2O[C@@]3(CC2Br)[C@H](C(=O)N(CC=C)c2c(C)cccc2Cl)N([C@@H](CO)[C@@H](C)CC)C(=O)[C@@H]13)c1ccccc1. The van der Waals surface area contributed by atoms with Crippen molar-refractivity contribution in [1.29, 1.82) is 0 Å². The second-order valence-corrected chi connectivity index (χ2v) is 16.0. The molecule has 5 rings (SSSR count). The number of aliphatic hydroxyl groups is 1. The minimum atomic E-state index is -1.45. The lowest BCUT2D eigenvalue weighted by Gasteiger charge is -2.41. The summed E-state index contributed by atoms with van der Waals surface area (Å²) in [6.45, 7) is 13.0. The van der Waals surface area contributed by atoms with Crippen molar-refractivity contribution >= 4 is 56.9 Å². The van der Waals surface area contributed by atoms with Crippen molar-refractivity contribution in [3.63, 3.8) is 0 Å². The third kappa shape index (κ3) is 7.77. The molecule has 11 nitrogen and oxygen atoms in total. The minimum Gasteiger partial charge on any atom is -0.455 e. The number of anilines is 1. The number of nitrogens with one attached hydrogen (secondary N) is 1. The number of amides is 3. The number of likely N-dealkylation sites (tertiary alicyclic amines) is 1. The average Bonchev–Trinajstić information content (AvgIpc) is 3.75. The van der Waals surface area contributed by atoms with Crippen LogP contribution in [0.2, 0.25) is 5.02 Å². The molecule has 3 aliphatic rings. The van der Waals surface area contributed by atoms with Crippen LogP contribution in [-0.2, 0) is 33.4 Å². The van der Waals surface area contributed by atoms with Crippen LogP contribution in [0.4, 0.5) is 5.69 Å². The van der Waals surface area contributed by atoms with Gasteiger partial charge in [0.05, 0.1) is 53.9 Å². The molecule has 3 saturated heterocycles. The van der Waals surface area contributed by atoms with Crippen molar-refractivity contribution in [3.05, 3.63) is 90.0 Å². The van der Waals surface area contributed by atoms with E-state index in [0.717, 1.165) is 5.56 Å². The highest BCUT2D eigenvalue weighted by molar-refractivity contribution is 9.09. The first-order chi connectivity index (χ1) is 25.9. The summed E-state index contributed by atoms with van der Waals surface area (Å²) in [6.07, 6.45) is 2.95. The number of aliphatic hydroxyl groups excluding tert-OH is 1. The maximum absolute atomic E-state index is 15.2. The zero-order chi connectivity index (χ0) is 39.3. The number of alkyl halides is 1. The van der Waals surface area contributed by atoms with Gasteiger partial charge in [-0.15, -0.1) is 13.2 Å². The number of methoxy groups -OCH3 is 1. The Morgan fingerprint density at radius 3 is 2.52 bits per heavy atom. The number of rotatable bonds is 18. The lowest BCUT2D eigenvalue weighted by molar-refractivity contribution is -0.163. The summed E-state index contributed by atoms with van der Waals surface area (Å²) in [7, 11) is 1.49. The molecule has 3 heterocycles. The molecule has 3 aliphatic heterocycles. The fourth-order valence-electron chi connectivity index (χ4n) is 8.45. The number of fused-ring (bicyclic) bond motifs is 1. The van der Waals surface area contributed by atoms with Gasteiger partial charge < -0.3 is 34.4 Å². The number of carbonyl (C=O) groups excluding carboxylic acids is 4. The van der Waals surface area contributed by atoms with Crippen LogP contribution in [-0.4, -0.2) is 95.2 Å². The number of esters is 1. The van der Waals surface area contributed by atoms with Gasteiger partial charge in [0.25, 0.3) is 5.91 Å². The van der Waals surface area contributed by atoms with Gasteiger partial charge in [0.1, 0.15) is 17.7 Å². The van der Waals surface area contributed by atoms with Gasteiger partial charge in [0.15, 0.2) is 0 Å². The molecule has 54 heavy (non-hydrogen) atoms. The Bertz CT molecular complexity index is 1690. The summed E-state index contributed by atoms with van der Waals surface area (Å²) >= 11 is 10.5. The topological polar surface area (TPSA) is 135 Å². The Balaban J connectivity index is 1.60. The summed E-state index contributed by atoms with van der Waals surface area (Å²) in [4.78, 5) is 60.5. The van der Waals surface area contributed by atoms with Gasteiger partial charge >= 0.3 is 5.97 Å². The van der Waals surface area contributed by atoms with Crippen LogP contribution >= 0.6 is 27.5 Å². The van der Waals surface area contributed by atoms with Gasteiger partial charge in [0, 0.05) is 24.9 Å². The number of ether oxygens (including phenoxy) is 3. The van der Waals surface area contributed by atoms with Crippen molar-refractivity contribution < 1.29 is 38.5 Å². The average molecular weight is 829 g/mol. The summed E-state index contributed by atoms with van der Waals surface area (Å²) in [5, 5.41) is 14.2. The number of hydrogen-bond donors (Lipinski definition) is 2. The Morgan fingerprint density at radius 2 is 1.91 bits per heavy atom. The van der Waals surface area contributed by atoms with E-state index in [2.05, 4.69) is 34.4 Å². The molecule has 292 valence electrons. The van der Waals surface area contributed by atoms with Crippen molar-refractivity contribution in [2.45, 2.75) is 87.2 Å². The van der Waals surface area contributed by atoms with Crippen molar-refractivity contribution in [3.8, 4) is 0 Å². The van der Waals surface area contributed by atoms with Gasteiger partial charge in [-0.05, 0) is 42.9 Å². The van der Waals surface area contributed by atoms with Gasteiger partial charge in [-0.1, -0.05) is 102 Å². The molecule has 10 atom stereocenters. The van der Waals surface area contributed by atoms with Crippen LogP contribution in [0, 0.1) is 24.7 Å². The highest BCUT2D eigenvalue weighted by Crippen LogP contribution is 2.61. The van der Waals surface area contributed by atoms with Crippen molar-refractivity contribution in [2.24, 2.45) is 17.8 Å². The molecule has 3 amide bonds. The van der Waals surface area contributed by atoms with E-state index in [-0.39, 0.29) is 37.8 Å². The normalized spacial score (nSPS) is 26.4. The highest BCUT2D eigenvalue weighted by atomic mass is 79.9. The maximum Gasteiger partial charge on any atom is 0.313 e. The summed E-state index contributed by atoms with van der Waals surface area (Å²) in [5.74, 6) is -4.32. The Hall–Kier alpha value is -3.55. The predicted octanol–water partition coefficient (Wildman–Crippen LogP) is 5.70. The summed E-state index contributed by atoms with van der Waals surface area (Å²) < 4.78 is 18.7. The quantitative estimate of drug-likeness (QED) is 0.111. The van der Waals surface area contributed by atoms with E-state index in [9.17, 15) is 14.7 Å². The number of hydrogen-bond acceptors (Lipinski definition) is 8. The smallest absolute Gasteiger partial charge is 0.313 e. The molecule has 0 radical (unpaired) electrons. The molecule has 0 saturated carbocycles. The third-order valence-corrected chi connectivity index (χ3v) is 12.3. The molecule has 13 heteroatoms. The zero-order valence-corrected chi connectivity index (χ0v) is 33.6. The first kappa shape index (κ1) is 41.6. The molecule has 2 aromatic carbocycles. The van der Waals surface area contributed by atoms with Gasteiger partial charge in [-0.3, -0.25) is 19.2 Å². The lowest BCUT2D eigenvalue weighted by Crippen LogP contribution is -2.60. The van der Waals surface area contributed by atoms with Crippen LogP contribution in [0.3, 0.4) is 0 Å². The van der Waals surface area contributed by atoms with Crippen LogP contribution < -0.4 is 10.2 Å². The molecule has 1 unspecified atom stereocenters. The standard InChI is InChI=1S/C41H51BrClN3O8/c1-7-10-19-31(48)44-29(23-52-6)35(26-16-12-11-13-17-26)53-40(51)32-33-38(49)46(30(22-47)24(4)9-3)37(41(33)21-27(42)36(32)54-41)39(50)45(20-8-2)34-25(5)15-14-18-28(34)43/h7-8,11-18,24,27,29-30,32-33,35-37,47H,1-2,9-10,19-23H2,3-6H3,(H,44,48)/t24-,27?,29+,30-,32-,33+,35+,36-,37-,41+/m0/s1. The second-order valence-electron chi connectivity index (χ2n) is 14.4. The summed E-state index contributed by atoms with van der Waals surface area (Å²) in [6, 6.07) is 11.6. The number of halogens is 2. The van der Waals surface area contributed by atoms with Crippen LogP contribution in [0.5, 0.6) is 0 Å². The van der Waals surface area contributed by atoms with Crippen LogP contribution in [0.25, 0.3) is 0 Å². The van der Waals surface area contributed by atoms with Crippen molar-refractivity contribution in [1.82, 2.24) is 10.2 Å². The largest absolute Gasteiger partial charge is 0.455 e. The number of benzene rings is 2. The fourth-order valence-corrected chi connectivity index (χ4v) is 9.71.